The predicted octanol–water partition coefficient (Wildman–Crippen LogP) is 3.27. The highest BCUT2D eigenvalue weighted by atomic mass is 32.2. The summed E-state index contributed by atoms with van der Waals surface area (Å²) in [6, 6.07) is 4.11. The number of ether oxygens (including phenoxy) is 1. The molecule has 0 saturated carbocycles. The fourth-order valence-electron chi connectivity index (χ4n) is 2.30. The van der Waals surface area contributed by atoms with Gasteiger partial charge in [-0.3, -0.25) is 4.79 Å². The van der Waals surface area contributed by atoms with Gasteiger partial charge in [0.25, 0.3) is 0 Å². The van der Waals surface area contributed by atoms with Gasteiger partial charge in [0, 0.05) is 5.69 Å². The Hall–Kier alpha value is -1.54. The molecule has 21 heavy (non-hydrogen) atoms. The minimum atomic E-state index is -0.487. The summed E-state index contributed by atoms with van der Waals surface area (Å²) in [6.45, 7) is 5.52. The minimum Gasteiger partial charge on any atom is -0.459 e. The summed E-state index contributed by atoms with van der Waals surface area (Å²) in [5, 5.41) is 9.89. The van der Waals surface area contributed by atoms with Crippen molar-refractivity contribution < 1.29 is 9.53 Å². The lowest BCUT2D eigenvalue weighted by Gasteiger charge is -2.19. The van der Waals surface area contributed by atoms with Crippen molar-refractivity contribution in [2.24, 2.45) is 0 Å². The molecule has 0 bridgehead atoms. The van der Waals surface area contributed by atoms with Gasteiger partial charge in [0.15, 0.2) is 0 Å². The van der Waals surface area contributed by atoms with E-state index in [9.17, 15) is 10.1 Å². The van der Waals surface area contributed by atoms with Crippen LogP contribution in [0.2, 0.25) is 0 Å². The third-order valence-corrected chi connectivity index (χ3v) is 4.10. The minimum absolute atomic E-state index is 0.178. The molecule has 0 atom stereocenters. The highest BCUT2D eigenvalue weighted by molar-refractivity contribution is 7.99. The second kappa shape index (κ2) is 6.48. The molecule has 0 radical (unpaired) electrons. The van der Waals surface area contributed by atoms with E-state index in [1.54, 1.807) is 0 Å². The van der Waals surface area contributed by atoms with E-state index in [-0.39, 0.29) is 11.7 Å². The number of rotatable bonds is 3. The summed E-state index contributed by atoms with van der Waals surface area (Å²) in [7, 11) is 0. The zero-order chi connectivity index (χ0) is 15.5. The molecule has 4 nitrogen and oxygen atoms in total. The van der Waals surface area contributed by atoms with Gasteiger partial charge in [-0.05, 0) is 58.1 Å². The topological polar surface area (TPSA) is 63.0 Å². The Morgan fingerprint density at radius 1 is 1.43 bits per heavy atom. The van der Waals surface area contributed by atoms with Crippen molar-refractivity contribution in [2.75, 3.05) is 5.75 Å². The molecule has 0 unspecified atom stereocenters. The summed E-state index contributed by atoms with van der Waals surface area (Å²) in [5.41, 5.74) is 2.33. The third-order valence-electron chi connectivity index (χ3n) is 3.13. The number of carbonyl (C=O) groups excluding carboxylic acids is 1. The molecule has 1 aromatic rings. The van der Waals surface area contributed by atoms with Crippen molar-refractivity contribution in [3.8, 4) is 6.07 Å². The molecule has 0 spiro atoms. The monoisotopic (exact) mass is 304 g/mol. The Balaban J connectivity index is 2.09. The van der Waals surface area contributed by atoms with E-state index in [0.717, 1.165) is 31.4 Å². The van der Waals surface area contributed by atoms with Crippen LogP contribution in [-0.2, 0) is 22.4 Å². The summed E-state index contributed by atoms with van der Waals surface area (Å²) in [6.07, 6.45) is 4.25. The first kappa shape index (κ1) is 15.8. The molecular weight excluding hydrogens is 284 g/mol. The number of hydrogen-bond acceptors (Lipinski definition) is 5. The molecule has 5 heteroatoms. The largest absolute Gasteiger partial charge is 0.459 e. The first-order valence-electron chi connectivity index (χ1n) is 7.16. The normalized spacial score (nSPS) is 14.2. The molecule has 0 aliphatic heterocycles. The van der Waals surface area contributed by atoms with Gasteiger partial charge in [-0.25, -0.2) is 4.98 Å². The molecule has 0 aromatic carbocycles. The molecule has 1 aliphatic carbocycles. The van der Waals surface area contributed by atoms with Crippen LogP contribution in [0.4, 0.5) is 0 Å². The summed E-state index contributed by atoms with van der Waals surface area (Å²) in [4.78, 5) is 16.4. The molecule has 0 fully saturated rings. The lowest BCUT2D eigenvalue weighted by Crippen LogP contribution is -2.25. The van der Waals surface area contributed by atoms with Crippen molar-refractivity contribution in [2.45, 2.75) is 57.1 Å². The van der Waals surface area contributed by atoms with E-state index in [1.807, 2.05) is 26.8 Å². The molecular formula is C16H20N2O2S. The lowest BCUT2D eigenvalue weighted by molar-refractivity contribution is -0.151. The molecule has 0 amide bonds. The number of carbonyl (C=O) groups is 1. The molecule has 0 saturated heterocycles. The maximum atomic E-state index is 11.8. The van der Waals surface area contributed by atoms with Crippen molar-refractivity contribution in [1.82, 2.24) is 4.98 Å². The van der Waals surface area contributed by atoms with E-state index in [4.69, 9.17) is 4.74 Å². The first-order valence-corrected chi connectivity index (χ1v) is 8.15. The number of aryl methyl sites for hydroxylation is 2. The van der Waals surface area contributed by atoms with Gasteiger partial charge in [0.05, 0.1) is 11.3 Å². The van der Waals surface area contributed by atoms with Gasteiger partial charge in [0.2, 0.25) is 0 Å². The molecule has 112 valence electrons. The SMILES string of the molecule is CC(C)(C)OC(=O)CSc1nc2c(cc1C#N)CCCC2. The van der Waals surface area contributed by atoms with E-state index >= 15 is 0 Å². The average Bonchev–Trinajstić information content (AvgIpc) is 2.42. The number of nitrogens with zero attached hydrogens (tertiary/aromatic N) is 2. The van der Waals surface area contributed by atoms with E-state index in [0.29, 0.717) is 10.6 Å². The van der Waals surface area contributed by atoms with E-state index in [2.05, 4.69) is 11.1 Å². The Morgan fingerprint density at radius 2 is 2.14 bits per heavy atom. The van der Waals surface area contributed by atoms with Crippen LogP contribution in [0.3, 0.4) is 0 Å². The quantitative estimate of drug-likeness (QED) is 0.633. The summed E-state index contributed by atoms with van der Waals surface area (Å²) in [5.74, 6) is -0.103. The second-order valence-corrected chi connectivity index (χ2v) is 7.10. The fourth-order valence-corrected chi connectivity index (χ4v) is 3.05. The Morgan fingerprint density at radius 3 is 2.81 bits per heavy atom. The Bertz CT molecular complexity index is 585. The second-order valence-electron chi connectivity index (χ2n) is 6.14. The maximum absolute atomic E-state index is 11.8. The maximum Gasteiger partial charge on any atom is 0.316 e. The van der Waals surface area contributed by atoms with Crippen molar-refractivity contribution in [3.63, 3.8) is 0 Å². The fraction of sp³-hybridized carbons (Fsp3) is 0.562. The van der Waals surface area contributed by atoms with E-state index < -0.39 is 5.60 Å². The van der Waals surface area contributed by atoms with Crippen molar-refractivity contribution >= 4 is 17.7 Å². The number of aromatic nitrogens is 1. The van der Waals surface area contributed by atoms with Gasteiger partial charge in [0.1, 0.15) is 16.7 Å². The zero-order valence-corrected chi connectivity index (χ0v) is 13.5. The molecule has 1 aromatic heterocycles. The lowest BCUT2D eigenvalue weighted by atomic mass is 9.95. The highest BCUT2D eigenvalue weighted by Gasteiger charge is 2.19. The van der Waals surface area contributed by atoms with Crippen LogP contribution in [0.15, 0.2) is 11.1 Å². The summed E-state index contributed by atoms with van der Waals surface area (Å²) >= 11 is 1.29. The Kier molecular flexibility index (Phi) is 4.89. The highest BCUT2D eigenvalue weighted by Crippen LogP contribution is 2.27. The number of pyridine rings is 1. The number of thioether (sulfide) groups is 1. The smallest absolute Gasteiger partial charge is 0.316 e. The van der Waals surface area contributed by atoms with Crippen LogP contribution in [0.1, 0.15) is 50.4 Å². The Labute approximate surface area is 129 Å². The molecule has 1 heterocycles. The van der Waals surface area contributed by atoms with Crippen molar-refractivity contribution in [3.05, 3.63) is 22.9 Å². The third kappa shape index (κ3) is 4.47. The predicted molar refractivity (Wildman–Crippen MR) is 82.2 cm³/mol. The van der Waals surface area contributed by atoms with Gasteiger partial charge in [-0.2, -0.15) is 5.26 Å². The van der Waals surface area contributed by atoms with Crippen LogP contribution >= 0.6 is 11.8 Å². The first-order chi connectivity index (χ1) is 9.89. The van der Waals surface area contributed by atoms with E-state index in [1.165, 1.54) is 17.3 Å². The molecule has 0 N–H and O–H groups in total. The van der Waals surface area contributed by atoms with Crippen LogP contribution in [0.25, 0.3) is 0 Å². The number of nitriles is 1. The van der Waals surface area contributed by atoms with Gasteiger partial charge >= 0.3 is 5.97 Å². The van der Waals surface area contributed by atoms with Gasteiger partial charge < -0.3 is 4.74 Å². The van der Waals surface area contributed by atoms with Gasteiger partial charge in [-0.15, -0.1) is 0 Å². The molecule has 1 aliphatic rings. The standard InChI is InChI=1S/C16H20N2O2S/c1-16(2,3)20-14(19)10-21-15-12(9-17)8-11-6-4-5-7-13(11)18-15/h8H,4-7,10H2,1-3H3. The van der Waals surface area contributed by atoms with Crippen molar-refractivity contribution in [1.29, 1.82) is 5.26 Å². The summed E-state index contributed by atoms with van der Waals surface area (Å²) < 4.78 is 5.28. The van der Waals surface area contributed by atoms with Gasteiger partial charge in [-0.1, -0.05) is 11.8 Å². The zero-order valence-electron chi connectivity index (χ0n) is 12.7. The molecule has 2 rings (SSSR count). The number of esters is 1. The number of fused-ring (bicyclic) bond motifs is 1. The average molecular weight is 304 g/mol. The van der Waals surface area contributed by atoms with Crippen LogP contribution in [0, 0.1) is 11.3 Å². The number of hydrogen-bond donors (Lipinski definition) is 0. The van der Waals surface area contributed by atoms with Crippen LogP contribution in [-0.4, -0.2) is 22.3 Å². The van der Waals surface area contributed by atoms with Crippen LogP contribution < -0.4 is 0 Å². The van der Waals surface area contributed by atoms with Crippen LogP contribution in [0.5, 0.6) is 0 Å².